The summed E-state index contributed by atoms with van der Waals surface area (Å²) in [6.07, 6.45) is 2.93. The van der Waals surface area contributed by atoms with Gasteiger partial charge >= 0.3 is 0 Å². The number of ether oxygens (including phenoxy) is 1. The van der Waals surface area contributed by atoms with Crippen LogP contribution in [-0.2, 0) is 19.5 Å². The lowest BCUT2D eigenvalue weighted by Crippen LogP contribution is -2.24. The van der Waals surface area contributed by atoms with Crippen LogP contribution in [-0.4, -0.2) is 22.1 Å². The molecule has 5 nitrogen and oxygen atoms in total. The number of aromatic nitrogens is 2. The van der Waals surface area contributed by atoms with E-state index in [1.807, 2.05) is 42.5 Å². The van der Waals surface area contributed by atoms with Crippen molar-refractivity contribution in [1.82, 2.24) is 14.9 Å². The Bertz CT molecular complexity index is 1200. The topological polar surface area (TPSA) is 56.1 Å². The fraction of sp³-hybridized carbons (Fsp3) is 0.259. The summed E-state index contributed by atoms with van der Waals surface area (Å²) in [5.41, 5.74) is 3.97. The number of benzene rings is 3. The molecule has 0 aliphatic rings. The number of aryl methyl sites for hydroxylation is 2. The van der Waals surface area contributed by atoms with Gasteiger partial charge in [0.15, 0.2) is 0 Å². The highest BCUT2D eigenvalue weighted by Gasteiger charge is 2.12. The minimum absolute atomic E-state index is 0.108. The molecule has 0 spiro atoms. The maximum atomic E-state index is 12.6. The molecule has 1 amide bonds. The molecule has 0 aliphatic carbocycles. The Morgan fingerprint density at radius 2 is 1.76 bits per heavy atom. The number of halogens is 1. The molecule has 0 atom stereocenters. The summed E-state index contributed by atoms with van der Waals surface area (Å²) in [5, 5.41) is 3.01. The summed E-state index contributed by atoms with van der Waals surface area (Å²) in [6, 6.07) is 23.7. The van der Waals surface area contributed by atoms with Gasteiger partial charge in [0.05, 0.1) is 24.2 Å². The first-order chi connectivity index (χ1) is 16.1. The molecule has 0 saturated carbocycles. The van der Waals surface area contributed by atoms with E-state index in [-0.39, 0.29) is 5.91 Å². The van der Waals surface area contributed by atoms with Crippen LogP contribution in [0.3, 0.4) is 0 Å². The first-order valence-electron chi connectivity index (χ1n) is 11.3. The molecule has 3 aromatic carbocycles. The van der Waals surface area contributed by atoms with Crippen molar-refractivity contribution in [3.05, 3.63) is 94.2 Å². The molecule has 33 heavy (non-hydrogen) atoms. The molecule has 0 unspecified atom stereocenters. The molecule has 1 N–H and O–H groups in total. The minimum atomic E-state index is -0.108. The predicted molar refractivity (Wildman–Crippen MR) is 136 cm³/mol. The third-order valence-corrected chi connectivity index (χ3v) is 6.15. The van der Waals surface area contributed by atoms with E-state index in [1.165, 1.54) is 5.56 Å². The number of fused-ring (bicyclic) bond motifs is 1. The summed E-state index contributed by atoms with van der Waals surface area (Å²) < 4.78 is 9.04. The molecule has 6 heteroatoms. The number of amides is 1. The number of imidazole rings is 1. The predicted octanol–water partition coefficient (Wildman–Crippen LogP) is 6.15. The zero-order valence-electron chi connectivity index (χ0n) is 18.8. The second-order valence-corrected chi connectivity index (χ2v) is 8.83. The largest absolute Gasteiger partial charge is 0.494 e. The number of nitrogens with zero attached hydrogens (tertiary/aromatic N) is 2. The van der Waals surface area contributed by atoms with E-state index >= 15 is 0 Å². The van der Waals surface area contributed by atoms with Gasteiger partial charge in [-0.25, -0.2) is 4.98 Å². The summed E-state index contributed by atoms with van der Waals surface area (Å²) in [6.45, 7) is 4.02. The van der Waals surface area contributed by atoms with Crippen molar-refractivity contribution in [2.24, 2.45) is 0 Å². The quantitative estimate of drug-likeness (QED) is 0.263. The van der Waals surface area contributed by atoms with Gasteiger partial charge in [0.1, 0.15) is 11.6 Å². The van der Waals surface area contributed by atoms with E-state index in [0.717, 1.165) is 52.9 Å². The average molecular weight is 506 g/mol. The molecule has 0 radical (unpaired) electrons. The van der Waals surface area contributed by atoms with Crippen molar-refractivity contribution in [1.29, 1.82) is 0 Å². The van der Waals surface area contributed by atoms with Crippen molar-refractivity contribution in [2.45, 2.75) is 39.3 Å². The SMILES string of the molecule is CCc1ccc(OCCCCn2c(CNC(=O)c3ccc(Br)cc3)nc3ccccc32)cc1. The molecule has 0 bridgehead atoms. The minimum Gasteiger partial charge on any atom is -0.494 e. The number of carbonyl (C=O) groups is 1. The Hall–Kier alpha value is -3.12. The number of para-hydroxylation sites is 2. The van der Waals surface area contributed by atoms with Crippen molar-refractivity contribution in [3.8, 4) is 5.75 Å². The van der Waals surface area contributed by atoms with Crippen LogP contribution in [0.4, 0.5) is 0 Å². The fourth-order valence-electron chi connectivity index (χ4n) is 3.76. The molecule has 1 heterocycles. The second kappa shape index (κ2) is 11.1. The lowest BCUT2D eigenvalue weighted by molar-refractivity contribution is 0.0949. The molecule has 4 rings (SSSR count). The van der Waals surface area contributed by atoms with E-state index in [0.29, 0.717) is 18.7 Å². The fourth-order valence-corrected chi connectivity index (χ4v) is 4.02. The van der Waals surface area contributed by atoms with Crippen LogP contribution in [0, 0.1) is 0 Å². The molecule has 4 aromatic rings. The van der Waals surface area contributed by atoms with Crippen LogP contribution in [0.1, 0.15) is 41.5 Å². The zero-order valence-corrected chi connectivity index (χ0v) is 20.3. The maximum Gasteiger partial charge on any atom is 0.251 e. The van der Waals surface area contributed by atoms with Gasteiger partial charge in [-0.15, -0.1) is 0 Å². The normalized spacial score (nSPS) is 11.0. The summed E-state index contributed by atoms with van der Waals surface area (Å²) >= 11 is 3.40. The lowest BCUT2D eigenvalue weighted by Gasteiger charge is -2.11. The first kappa shape index (κ1) is 23.1. The summed E-state index contributed by atoms with van der Waals surface area (Å²) in [7, 11) is 0. The Morgan fingerprint density at radius 1 is 1.00 bits per heavy atom. The number of carbonyl (C=O) groups excluding carboxylic acids is 1. The van der Waals surface area contributed by atoms with Crippen LogP contribution in [0.15, 0.2) is 77.3 Å². The van der Waals surface area contributed by atoms with Gasteiger partial charge in [-0.1, -0.05) is 47.1 Å². The molecule has 0 fully saturated rings. The van der Waals surface area contributed by atoms with Crippen molar-refractivity contribution < 1.29 is 9.53 Å². The highest BCUT2D eigenvalue weighted by molar-refractivity contribution is 9.10. The van der Waals surface area contributed by atoms with E-state index in [2.05, 4.69) is 50.9 Å². The van der Waals surface area contributed by atoms with Crippen LogP contribution in [0.5, 0.6) is 5.75 Å². The average Bonchev–Trinajstić information content (AvgIpc) is 3.20. The third kappa shape index (κ3) is 6.02. The highest BCUT2D eigenvalue weighted by atomic mass is 79.9. The molecule has 1 aromatic heterocycles. The van der Waals surface area contributed by atoms with Gasteiger partial charge < -0.3 is 14.6 Å². The van der Waals surface area contributed by atoms with Crippen molar-refractivity contribution >= 4 is 32.9 Å². The number of hydrogen-bond acceptors (Lipinski definition) is 3. The van der Waals surface area contributed by atoms with Crippen LogP contribution < -0.4 is 10.1 Å². The van der Waals surface area contributed by atoms with Crippen LogP contribution in [0.2, 0.25) is 0 Å². The molecular formula is C27H28BrN3O2. The standard InChI is InChI=1S/C27H28BrN3O2/c1-2-20-9-15-23(16-10-20)33-18-6-5-17-31-25-8-4-3-7-24(25)30-26(31)19-29-27(32)21-11-13-22(28)14-12-21/h3-4,7-16H,2,5-6,17-19H2,1H3,(H,29,32). The second-order valence-electron chi connectivity index (χ2n) is 7.91. The van der Waals surface area contributed by atoms with Crippen LogP contribution in [0.25, 0.3) is 11.0 Å². The van der Waals surface area contributed by atoms with Gasteiger partial charge in [-0.2, -0.15) is 0 Å². The smallest absolute Gasteiger partial charge is 0.251 e. The van der Waals surface area contributed by atoms with E-state index in [4.69, 9.17) is 9.72 Å². The third-order valence-electron chi connectivity index (χ3n) is 5.62. The van der Waals surface area contributed by atoms with Gasteiger partial charge in [0, 0.05) is 16.6 Å². The van der Waals surface area contributed by atoms with E-state index in [1.54, 1.807) is 12.1 Å². The summed E-state index contributed by atoms with van der Waals surface area (Å²) in [4.78, 5) is 17.3. The first-order valence-corrected chi connectivity index (χ1v) is 12.1. The van der Waals surface area contributed by atoms with Crippen molar-refractivity contribution in [2.75, 3.05) is 6.61 Å². The Balaban J connectivity index is 1.35. The number of rotatable bonds is 10. The van der Waals surface area contributed by atoms with Gasteiger partial charge in [-0.05, 0) is 73.4 Å². The number of nitrogens with one attached hydrogen (secondary N) is 1. The monoisotopic (exact) mass is 505 g/mol. The molecule has 170 valence electrons. The van der Waals surface area contributed by atoms with E-state index < -0.39 is 0 Å². The van der Waals surface area contributed by atoms with Gasteiger partial charge in [-0.3, -0.25) is 4.79 Å². The lowest BCUT2D eigenvalue weighted by atomic mass is 10.2. The van der Waals surface area contributed by atoms with Crippen LogP contribution >= 0.6 is 15.9 Å². The van der Waals surface area contributed by atoms with Crippen molar-refractivity contribution in [3.63, 3.8) is 0 Å². The molecule has 0 aliphatic heterocycles. The van der Waals surface area contributed by atoms with E-state index in [9.17, 15) is 4.79 Å². The van der Waals surface area contributed by atoms with Gasteiger partial charge in [0.25, 0.3) is 5.91 Å². The molecular weight excluding hydrogens is 478 g/mol. The maximum absolute atomic E-state index is 12.6. The zero-order chi connectivity index (χ0) is 23.0. The summed E-state index contributed by atoms with van der Waals surface area (Å²) in [5.74, 6) is 1.66. The molecule has 0 saturated heterocycles. The Morgan fingerprint density at radius 3 is 2.52 bits per heavy atom. The number of hydrogen-bond donors (Lipinski definition) is 1. The Kier molecular flexibility index (Phi) is 7.79. The highest BCUT2D eigenvalue weighted by Crippen LogP contribution is 2.18. The Labute approximate surface area is 202 Å². The van der Waals surface area contributed by atoms with Gasteiger partial charge in [0.2, 0.25) is 0 Å². The number of unbranched alkanes of at least 4 members (excludes halogenated alkanes) is 1.